The van der Waals surface area contributed by atoms with Crippen molar-refractivity contribution in [3.63, 3.8) is 0 Å². The van der Waals surface area contributed by atoms with E-state index in [0.717, 1.165) is 32.7 Å². The molecule has 96 valence electrons. The lowest BCUT2D eigenvalue weighted by Gasteiger charge is -2.18. The third kappa shape index (κ3) is 2.29. The first-order chi connectivity index (χ1) is 8.56. The molecule has 1 aromatic carbocycles. The quantitative estimate of drug-likeness (QED) is 0.740. The summed E-state index contributed by atoms with van der Waals surface area (Å²) in [5, 5.41) is -0.355. The highest BCUT2D eigenvalue weighted by molar-refractivity contribution is 9.10. The van der Waals surface area contributed by atoms with Gasteiger partial charge in [-0.15, -0.1) is 11.6 Å². The largest absolute Gasteiger partial charge is 0.496 e. The van der Waals surface area contributed by atoms with Crippen molar-refractivity contribution in [3.8, 4) is 5.75 Å². The number of halogens is 2. The van der Waals surface area contributed by atoms with Crippen molar-refractivity contribution in [2.45, 2.75) is 19.2 Å². The van der Waals surface area contributed by atoms with E-state index in [9.17, 15) is 0 Å². The first-order valence-electron chi connectivity index (χ1n) is 5.57. The van der Waals surface area contributed by atoms with Crippen LogP contribution in [-0.2, 0) is 0 Å². The number of methoxy groups -OCH3 is 1. The van der Waals surface area contributed by atoms with Crippen LogP contribution in [0.15, 0.2) is 33.4 Å². The van der Waals surface area contributed by atoms with Gasteiger partial charge in [0, 0.05) is 10.0 Å². The first kappa shape index (κ1) is 13.5. The molecule has 0 fully saturated rings. The highest BCUT2D eigenvalue weighted by Crippen LogP contribution is 2.41. The molecule has 1 aromatic heterocycles. The standard InChI is InChI=1S/C14H14BrClO2/c1-8-7-10(15)9(2)12(14(8)17-3)13(16)11-5-4-6-18-11/h4-7,13H,1-3H3. The number of rotatable bonds is 3. The number of hydrogen-bond donors (Lipinski definition) is 0. The number of furan rings is 1. The van der Waals surface area contributed by atoms with Gasteiger partial charge in [0.1, 0.15) is 16.9 Å². The normalized spacial score (nSPS) is 12.5. The zero-order valence-electron chi connectivity index (χ0n) is 10.5. The lowest BCUT2D eigenvalue weighted by atomic mass is 9.99. The molecule has 0 radical (unpaired) electrons. The number of benzene rings is 1. The van der Waals surface area contributed by atoms with Gasteiger partial charge in [-0.05, 0) is 43.2 Å². The highest BCUT2D eigenvalue weighted by atomic mass is 79.9. The third-order valence-corrected chi connectivity index (χ3v) is 4.22. The molecular weight excluding hydrogens is 316 g/mol. The van der Waals surface area contributed by atoms with E-state index in [2.05, 4.69) is 15.9 Å². The maximum Gasteiger partial charge on any atom is 0.127 e. The van der Waals surface area contributed by atoms with Crippen molar-refractivity contribution in [1.29, 1.82) is 0 Å². The van der Waals surface area contributed by atoms with Gasteiger partial charge in [0.2, 0.25) is 0 Å². The van der Waals surface area contributed by atoms with Gasteiger partial charge >= 0.3 is 0 Å². The molecule has 0 amide bonds. The van der Waals surface area contributed by atoms with Crippen LogP contribution >= 0.6 is 27.5 Å². The van der Waals surface area contributed by atoms with Crippen LogP contribution in [0.1, 0.15) is 27.8 Å². The van der Waals surface area contributed by atoms with E-state index >= 15 is 0 Å². The zero-order valence-corrected chi connectivity index (χ0v) is 12.8. The van der Waals surface area contributed by atoms with E-state index in [1.165, 1.54) is 0 Å². The molecule has 0 N–H and O–H groups in total. The molecule has 0 aliphatic heterocycles. The fraction of sp³-hybridized carbons (Fsp3) is 0.286. The second-order valence-corrected chi connectivity index (χ2v) is 5.42. The minimum atomic E-state index is -0.355. The topological polar surface area (TPSA) is 22.4 Å². The summed E-state index contributed by atoms with van der Waals surface area (Å²) < 4.78 is 11.9. The molecule has 2 rings (SSSR count). The minimum Gasteiger partial charge on any atom is -0.496 e. The van der Waals surface area contributed by atoms with Crippen molar-refractivity contribution in [3.05, 3.63) is 51.4 Å². The molecule has 1 heterocycles. The van der Waals surface area contributed by atoms with Crippen molar-refractivity contribution in [2.24, 2.45) is 0 Å². The fourth-order valence-corrected chi connectivity index (χ4v) is 2.97. The van der Waals surface area contributed by atoms with E-state index in [1.54, 1.807) is 13.4 Å². The van der Waals surface area contributed by atoms with Crippen molar-refractivity contribution in [1.82, 2.24) is 0 Å². The van der Waals surface area contributed by atoms with Crippen LogP contribution in [0.2, 0.25) is 0 Å². The Morgan fingerprint density at radius 2 is 2.11 bits per heavy atom. The van der Waals surface area contributed by atoms with Gasteiger partial charge in [0.25, 0.3) is 0 Å². The Kier molecular flexibility index (Phi) is 4.03. The summed E-state index contributed by atoms with van der Waals surface area (Å²) in [6, 6.07) is 5.73. The maximum absolute atomic E-state index is 6.51. The minimum absolute atomic E-state index is 0.355. The second kappa shape index (κ2) is 5.37. The lowest BCUT2D eigenvalue weighted by Crippen LogP contribution is -2.02. The molecule has 0 spiro atoms. The molecule has 2 aromatic rings. The van der Waals surface area contributed by atoms with Crippen LogP contribution in [0.3, 0.4) is 0 Å². The summed E-state index contributed by atoms with van der Waals surface area (Å²) in [7, 11) is 1.66. The third-order valence-electron chi connectivity index (χ3n) is 2.96. The molecule has 0 bridgehead atoms. The van der Waals surface area contributed by atoms with E-state index < -0.39 is 0 Å². The average Bonchev–Trinajstić information content (AvgIpc) is 2.86. The Hall–Kier alpha value is -0.930. The van der Waals surface area contributed by atoms with Crippen molar-refractivity contribution < 1.29 is 9.15 Å². The molecule has 18 heavy (non-hydrogen) atoms. The van der Waals surface area contributed by atoms with E-state index in [1.807, 2.05) is 32.0 Å². The van der Waals surface area contributed by atoms with E-state index in [0.29, 0.717) is 0 Å². The summed E-state index contributed by atoms with van der Waals surface area (Å²) in [6.45, 7) is 4.01. The Labute approximate surface area is 120 Å². The smallest absolute Gasteiger partial charge is 0.127 e. The molecular formula is C14H14BrClO2. The Morgan fingerprint density at radius 3 is 2.67 bits per heavy atom. The maximum atomic E-state index is 6.51. The number of alkyl halides is 1. The summed E-state index contributed by atoms with van der Waals surface area (Å²) in [6.07, 6.45) is 1.62. The summed E-state index contributed by atoms with van der Waals surface area (Å²) >= 11 is 10.1. The van der Waals surface area contributed by atoms with Crippen molar-refractivity contribution >= 4 is 27.5 Å². The average molecular weight is 330 g/mol. The van der Waals surface area contributed by atoms with Crippen LogP contribution in [-0.4, -0.2) is 7.11 Å². The van der Waals surface area contributed by atoms with Crippen molar-refractivity contribution in [2.75, 3.05) is 7.11 Å². The number of aryl methyl sites for hydroxylation is 1. The van der Waals surface area contributed by atoms with E-state index in [4.69, 9.17) is 20.8 Å². The summed E-state index contributed by atoms with van der Waals surface area (Å²) in [5.74, 6) is 1.53. The second-order valence-electron chi connectivity index (χ2n) is 4.13. The van der Waals surface area contributed by atoms with Gasteiger partial charge in [-0.1, -0.05) is 15.9 Å². The van der Waals surface area contributed by atoms with Gasteiger partial charge in [-0.3, -0.25) is 0 Å². The molecule has 2 nitrogen and oxygen atoms in total. The molecule has 0 aliphatic rings. The van der Waals surface area contributed by atoms with Gasteiger partial charge < -0.3 is 9.15 Å². The van der Waals surface area contributed by atoms with E-state index in [-0.39, 0.29) is 5.38 Å². The fourth-order valence-electron chi connectivity index (χ4n) is 2.03. The SMILES string of the molecule is COc1c(C)cc(Br)c(C)c1C(Cl)c1ccco1. The van der Waals surface area contributed by atoms with Crippen LogP contribution in [0.25, 0.3) is 0 Å². The number of ether oxygens (including phenoxy) is 1. The van der Waals surface area contributed by atoms with Crippen LogP contribution < -0.4 is 4.74 Å². The molecule has 0 aliphatic carbocycles. The van der Waals surface area contributed by atoms with Gasteiger partial charge in [-0.2, -0.15) is 0 Å². The van der Waals surface area contributed by atoms with Crippen LogP contribution in [0.5, 0.6) is 5.75 Å². The molecule has 4 heteroatoms. The molecule has 0 saturated carbocycles. The zero-order chi connectivity index (χ0) is 13.3. The summed E-state index contributed by atoms with van der Waals surface area (Å²) in [4.78, 5) is 0. The molecule has 1 unspecified atom stereocenters. The molecule has 0 saturated heterocycles. The highest BCUT2D eigenvalue weighted by Gasteiger charge is 2.23. The Bertz CT molecular complexity index is 549. The lowest BCUT2D eigenvalue weighted by molar-refractivity contribution is 0.404. The van der Waals surface area contributed by atoms with Crippen LogP contribution in [0, 0.1) is 13.8 Å². The van der Waals surface area contributed by atoms with Gasteiger partial charge in [0.05, 0.1) is 13.4 Å². The Balaban J connectivity index is 2.62. The predicted octanol–water partition coefficient (Wildman–Crippen LogP) is 5.00. The first-order valence-corrected chi connectivity index (χ1v) is 6.80. The predicted molar refractivity (Wildman–Crippen MR) is 76.6 cm³/mol. The monoisotopic (exact) mass is 328 g/mol. The van der Waals surface area contributed by atoms with Crippen LogP contribution in [0.4, 0.5) is 0 Å². The summed E-state index contributed by atoms with van der Waals surface area (Å²) in [5.41, 5.74) is 3.05. The number of hydrogen-bond acceptors (Lipinski definition) is 2. The molecule has 1 atom stereocenters. The van der Waals surface area contributed by atoms with Gasteiger partial charge in [-0.25, -0.2) is 0 Å². The Morgan fingerprint density at radius 1 is 1.39 bits per heavy atom. The van der Waals surface area contributed by atoms with Gasteiger partial charge in [0.15, 0.2) is 0 Å².